The summed E-state index contributed by atoms with van der Waals surface area (Å²) in [5.74, 6) is 1.69. The molecule has 0 aromatic heterocycles. The summed E-state index contributed by atoms with van der Waals surface area (Å²) >= 11 is 0. The largest absolute Gasteiger partial charge is 0.377 e. The molecule has 5 nitrogen and oxygen atoms in total. The highest BCUT2D eigenvalue weighted by atomic mass is 127. The number of guanidine groups is 1. The number of likely N-dealkylation sites (N-methyl/N-ethyl adjacent to an activating group) is 1. The lowest BCUT2D eigenvalue weighted by molar-refractivity contribution is 0.0310. The standard InChI is InChI=1S/C18H38N4O.HI/c1-7-19-17(21-14-18(2,3)23-6)20-13-16(22(4)5)15-11-9-8-10-12-15;/h15-16H,7-14H2,1-6H3,(H2,19,20,21);1H. The zero-order valence-electron chi connectivity index (χ0n) is 16.5. The maximum atomic E-state index is 5.45. The Balaban J connectivity index is 0.00000529. The number of hydrogen-bond acceptors (Lipinski definition) is 3. The quantitative estimate of drug-likeness (QED) is 0.336. The van der Waals surface area contributed by atoms with Crippen LogP contribution < -0.4 is 10.6 Å². The van der Waals surface area contributed by atoms with E-state index in [-0.39, 0.29) is 29.6 Å². The van der Waals surface area contributed by atoms with Gasteiger partial charge in [0.05, 0.1) is 12.1 Å². The maximum absolute atomic E-state index is 5.45. The van der Waals surface area contributed by atoms with Crippen molar-refractivity contribution in [1.29, 1.82) is 0 Å². The smallest absolute Gasteiger partial charge is 0.191 e. The lowest BCUT2D eigenvalue weighted by atomic mass is 9.83. The fourth-order valence-electron chi connectivity index (χ4n) is 3.17. The molecule has 1 fully saturated rings. The second-order valence-electron chi connectivity index (χ2n) is 7.47. The Labute approximate surface area is 166 Å². The molecule has 1 saturated carbocycles. The van der Waals surface area contributed by atoms with Crippen molar-refractivity contribution >= 4 is 29.9 Å². The van der Waals surface area contributed by atoms with Crippen LogP contribution in [0.2, 0.25) is 0 Å². The van der Waals surface area contributed by atoms with Gasteiger partial charge in [0.1, 0.15) is 0 Å². The van der Waals surface area contributed by atoms with Crippen LogP contribution in [0, 0.1) is 5.92 Å². The van der Waals surface area contributed by atoms with Gasteiger partial charge in [-0.2, -0.15) is 0 Å². The molecule has 0 aromatic rings. The molecule has 6 heteroatoms. The van der Waals surface area contributed by atoms with Gasteiger partial charge in [0.25, 0.3) is 0 Å². The van der Waals surface area contributed by atoms with E-state index in [1.54, 1.807) is 7.11 Å². The SMILES string of the molecule is CCNC(=NCC(C)(C)OC)NCC(C1CCCCC1)N(C)C.I. The molecule has 1 unspecified atom stereocenters. The van der Waals surface area contributed by atoms with E-state index in [9.17, 15) is 0 Å². The maximum Gasteiger partial charge on any atom is 0.191 e. The fraction of sp³-hybridized carbons (Fsp3) is 0.944. The molecule has 0 aliphatic heterocycles. The predicted molar refractivity (Wildman–Crippen MR) is 115 cm³/mol. The number of aliphatic imine (C=N–C) groups is 1. The minimum absolute atomic E-state index is 0. The molecule has 0 aromatic carbocycles. The van der Waals surface area contributed by atoms with Gasteiger partial charge in [-0.05, 0) is 53.6 Å². The van der Waals surface area contributed by atoms with Gasteiger partial charge in [-0.3, -0.25) is 4.99 Å². The predicted octanol–water partition coefficient (Wildman–Crippen LogP) is 3.10. The van der Waals surface area contributed by atoms with E-state index < -0.39 is 0 Å². The van der Waals surface area contributed by atoms with Gasteiger partial charge in [0.2, 0.25) is 0 Å². The number of hydrogen-bond donors (Lipinski definition) is 2. The zero-order valence-corrected chi connectivity index (χ0v) is 18.9. The molecular weight excluding hydrogens is 415 g/mol. The highest BCUT2D eigenvalue weighted by molar-refractivity contribution is 14.0. The second-order valence-corrected chi connectivity index (χ2v) is 7.47. The van der Waals surface area contributed by atoms with Crippen LogP contribution in [-0.4, -0.2) is 63.3 Å². The summed E-state index contributed by atoms with van der Waals surface area (Å²) in [6, 6.07) is 0.564. The molecule has 0 radical (unpaired) electrons. The van der Waals surface area contributed by atoms with E-state index in [2.05, 4.69) is 55.4 Å². The van der Waals surface area contributed by atoms with Crippen LogP contribution in [0.4, 0.5) is 0 Å². The molecule has 0 bridgehead atoms. The second kappa shape index (κ2) is 12.3. The Morgan fingerprint density at radius 2 is 1.83 bits per heavy atom. The number of methoxy groups -OCH3 is 1. The number of rotatable bonds is 8. The van der Waals surface area contributed by atoms with E-state index in [0.717, 1.165) is 25.0 Å². The van der Waals surface area contributed by atoms with Crippen molar-refractivity contribution in [3.8, 4) is 0 Å². The third-order valence-corrected chi connectivity index (χ3v) is 4.85. The lowest BCUT2D eigenvalue weighted by Crippen LogP contribution is -2.48. The monoisotopic (exact) mass is 454 g/mol. The molecule has 0 heterocycles. The molecule has 1 rings (SSSR count). The minimum Gasteiger partial charge on any atom is -0.377 e. The fourth-order valence-corrected chi connectivity index (χ4v) is 3.17. The summed E-state index contributed by atoms with van der Waals surface area (Å²) in [7, 11) is 6.12. The first-order chi connectivity index (χ1) is 10.9. The van der Waals surface area contributed by atoms with Crippen molar-refractivity contribution in [1.82, 2.24) is 15.5 Å². The Kier molecular flexibility index (Phi) is 12.3. The average molecular weight is 454 g/mol. The van der Waals surface area contributed by atoms with Crippen molar-refractivity contribution in [3.63, 3.8) is 0 Å². The molecule has 144 valence electrons. The van der Waals surface area contributed by atoms with Gasteiger partial charge >= 0.3 is 0 Å². The van der Waals surface area contributed by atoms with Crippen LogP contribution in [-0.2, 0) is 4.74 Å². The molecule has 24 heavy (non-hydrogen) atoms. The Bertz CT molecular complexity index is 355. The lowest BCUT2D eigenvalue weighted by Gasteiger charge is -2.35. The van der Waals surface area contributed by atoms with Crippen LogP contribution in [0.3, 0.4) is 0 Å². The van der Waals surface area contributed by atoms with Gasteiger partial charge in [-0.15, -0.1) is 24.0 Å². The summed E-state index contributed by atoms with van der Waals surface area (Å²) in [5.41, 5.74) is -0.229. The van der Waals surface area contributed by atoms with Crippen molar-refractivity contribution < 1.29 is 4.74 Å². The Morgan fingerprint density at radius 1 is 1.21 bits per heavy atom. The Morgan fingerprint density at radius 3 is 2.33 bits per heavy atom. The molecule has 0 amide bonds. The topological polar surface area (TPSA) is 48.9 Å². The molecule has 1 aliphatic carbocycles. The molecule has 1 atom stereocenters. The highest BCUT2D eigenvalue weighted by Gasteiger charge is 2.25. The van der Waals surface area contributed by atoms with Crippen LogP contribution >= 0.6 is 24.0 Å². The first-order valence-corrected chi connectivity index (χ1v) is 9.13. The van der Waals surface area contributed by atoms with Crippen molar-refractivity contribution in [3.05, 3.63) is 0 Å². The molecule has 1 aliphatic rings. The van der Waals surface area contributed by atoms with E-state index in [4.69, 9.17) is 4.74 Å². The van der Waals surface area contributed by atoms with Crippen LogP contribution in [0.5, 0.6) is 0 Å². The summed E-state index contributed by atoms with van der Waals surface area (Å²) in [6.45, 7) is 8.68. The summed E-state index contributed by atoms with van der Waals surface area (Å²) < 4.78 is 5.45. The third-order valence-electron chi connectivity index (χ3n) is 4.85. The van der Waals surface area contributed by atoms with Crippen molar-refractivity contribution in [2.45, 2.75) is 64.5 Å². The van der Waals surface area contributed by atoms with Gasteiger partial charge < -0.3 is 20.3 Å². The highest BCUT2D eigenvalue weighted by Crippen LogP contribution is 2.28. The first-order valence-electron chi connectivity index (χ1n) is 9.13. The van der Waals surface area contributed by atoms with Gasteiger partial charge in [-0.1, -0.05) is 19.3 Å². The normalized spacial score (nSPS) is 18.2. The zero-order chi connectivity index (χ0) is 17.3. The van der Waals surface area contributed by atoms with Gasteiger partial charge in [0.15, 0.2) is 5.96 Å². The summed E-state index contributed by atoms with van der Waals surface area (Å²) in [5, 5.41) is 6.88. The van der Waals surface area contributed by atoms with Crippen molar-refractivity contribution in [2.24, 2.45) is 10.9 Å². The number of nitrogens with one attached hydrogen (secondary N) is 2. The molecular formula is C18H39IN4O. The molecule has 0 saturated heterocycles. The van der Waals surface area contributed by atoms with Crippen LogP contribution in [0.15, 0.2) is 4.99 Å². The van der Waals surface area contributed by atoms with E-state index in [1.165, 1.54) is 32.1 Å². The molecule has 0 spiro atoms. The van der Waals surface area contributed by atoms with E-state index in [0.29, 0.717) is 12.6 Å². The Hall–Kier alpha value is -0.0800. The average Bonchev–Trinajstić information content (AvgIpc) is 2.53. The van der Waals surface area contributed by atoms with Crippen LogP contribution in [0.25, 0.3) is 0 Å². The van der Waals surface area contributed by atoms with Gasteiger partial charge in [-0.25, -0.2) is 0 Å². The van der Waals surface area contributed by atoms with Gasteiger partial charge in [0, 0.05) is 26.2 Å². The number of nitrogens with zero attached hydrogens (tertiary/aromatic N) is 2. The summed E-state index contributed by atoms with van der Waals surface area (Å²) in [6.07, 6.45) is 6.88. The van der Waals surface area contributed by atoms with E-state index in [1.807, 2.05) is 0 Å². The van der Waals surface area contributed by atoms with Crippen LogP contribution in [0.1, 0.15) is 52.9 Å². The number of ether oxygens (including phenoxy) is 1. The molecule has 2 N–H and O–H groups in total. The number of halogens is 1. The first kappa shape index (κ1) is 23.9. The summed E-state index contributed by atoms with van der Waals surface area (Å²) in [4.78, 5) is 7.05. The third kappa shape index (κ3) is 8.85. The van der Waals surface area contributed by atoms with E-state index >= 15 is 0 Å². The minimum atomic E-state index is -0.229. The van der Waals surface area contributed by atoms with Crippen molar-refractivity contribution in [2.75, 3.05) is 40.8 Å².